The number of hydrogen-bond donors (Lipinski definition) is 2. The highest BCUT2D eigenvalue weighted by molar-refractivity contribution is 9.10. The summed E-state index contributed by atoms with van der Waals surface area (Å²) in [6.07, 6.45) is 0.520. The summed E-state index contributed by atoms with van der Waals surface area (Å²) in [6, 6.07) is 2.77. The van der Waals surface area contributed by atoms with Crippen molar-refractivity contribution in [2.45, 2.75) is 25.6 Å². The van der Waals surface area contributed by atoms with Crippen LogP contribution in [0.4, 0.5) is 4.39 Å². The van der Waals surface area contributed by atoms with Crippen molar-refractivity contribution in [2.75, 3.05) is 13.7 Å². The molecule has 1 aliphatic rings. The number of ether oxygens (including phenoxy) is 2. The van der Waals surface area contributed by atoms with E-state index in [1.807, 2.05) is 6.92 Å². The second-order valence-electron chi connectivity index (χ2n) is 6.27. The van der Waals surface area contributed by atoms with Gasteiger partial charge in [-0.05, 0) is 34.5 Å². The van der Waals surface area contributed by atoms with Gasteiger partial charge in [0.2, 0.25) is 5.88 Å². The van der Waals surface area contributed by atoms with Crippen LogP contribution in [0.2, 0.25) is 0 Å². The maximum atomic E-state index is 13.9. The van der Waals surface area contributed by atoms with Crippen molar-refractivity contribution < 1.29 is 23.5 Å². The molecule has 3 N–H and O–H groups in total. The number of hydrogen-bond acceptors (Lipinski definition) is 5. The van der Waals surface area contributed by atoms with Crippen molar-refractivity contribution in [3.8, 4) is 11.6 Å². The highest BCUT2D eigenvalue weighted by Crippen LogP contribution is 2.35. The summed E-state index contributed by atoms with van der Waals surface area (Å²) in [4.78, 5) is 27.5. The molecule has 1 fully saturated rings. The van der Waals surface area contributed by atoms with E-state index in [4.69, 9.17) is 15.2 Å². The van der Waals surface area contributed by atoms with E-state index in [1.54, 1.807) is 12.1 Å². The zero-order valence-electron chi connectivity index (χ0n) is 14.8. The van der Waals surface area contributed by atoms with Crippen LogP contribution in [-0.4, -0.2) is 42.7 Å². The van der Waals surface area contributed by atoms with Gasteiger partial charge >= 0.3 is 0 Å². The molecular formula is C18H19BrFN3O4. The Morgan fingerprint density at radius 3 is 2.78 bits per heavy atom. The second kappa shape index (κ2) is 7.67. The van der Waals surface area contributed by atoms with Gasteiger partial charge in [-0.3, -0.25) is 9.59 Å². The highest BCUT2D eigenvalue weighted by Gasteiger charge is 2.41. The number of halogens is 2. The molecule has 1 saturated heterocycles. The Bertz CT molecular complexity index is 908. The highest BCUT2D eigenvalue weighted by atomic mass is 79.9. The monoisotopic (exact) mass is 439 g/mol. The number of alkyl halides is 1. The average Bonchev–Trinajstić information content (AvgIpc) is 2.93. The number of primary amides is 1. The minimum atomic E-state index is -1.53. The Morgan fingerprint density at radius 1 is 1.41 bits per heavy atom. The van der Waals surface area contributed by atoms with E-state index in [2.05, 4.69) is 26.2 Å². The number of aromatic nitrogens is 1. The van der Waals surface area contributed by atoms with Gasteiger partial charge < -0.3 is 20.5 Å². The van der Waals surface area contributed by atoms with E-state index < -0.39 is 29.9 Å². The number of nitrogens with zero attached hydrogens (tertiary/aromatic N) is 1. The summed E-state index contributed by atoms with van der Waals surface area (Å²) >= 11 is 3.40. The fourth-order valence-electron chi connectivity index (χ4n) is 3.28. The first-order valence-electron chi connectivity index (χ1n) is 8.40. The van der Waals surface area contributed by atoms with Gasteiger partial charge in [-0.2, -0.15) is 0 Å². The van der Waals surface area contributed by atoms with Crippen LogP contribution in [0.1, 0.15) is 23.7 Å². The molecule has 1 aromatic heterocycles. The molecule has 1 aromatic carbocycles. The Hall–Kier alpha value is -2.42. The summed E-state index contributed by atoms with van der Waals surface area (Å²) < 4.78 is 25.6. The summed E-state index contributed by atoms with van der Waals surface area (Å²) in [5, 5.41) is 3.88. The van der Waals surface area contributed by atoms with E-state index in [9.17, 15) is 14.0 Å². The zero-order chi connectivity index (χ0) is 19.7. The van der Waals surface area contributed by atoms with Crippen LogP contribution in [-0.2, 0) is 4.79 Å². The van der Waals surface area contributed by atoms with Crippen LogP contribution in [0.15, 0.2) is 22.8 Å². The Balaban J connectivity index is 1.94. The molecule has 3 rings (SSSR count). The number of nitrogens with one attached hydrogen (secondary N) is 1. The molecule has 7 nitrogen and oxygen atoms in total. The van der Waals surface area contributed by atoms with Crippen LogP contribution >= 0.6 is 15.9 Å². The molecule has 0 spiro atoms. The van der Waals surface area contributed by atoms with Gasteiger partial charge in [0.1, 0.15) is 12.4 Å². The van der Waals surface area contributed by atoms with Crippen molar-refractivity contribution in [3.05, 3.63) is 28.4 Å². The van der Waals surface area contributed by atoms with Crippen molar-refractivity contribution >= 4 is 38.5 Å². The third-order valence-electron chi connectivity index (χ3n) is 4.73. The number of fused-ring (bicyclic) bond motifs is 1. The molecule has 3 atom stereocenters. The number of methoxy groups -OCH3 is 1. The Labute approximate surface area is 163 Å². The molecule has 1 unspecified atom stereocenters. The first kappa shape index (κ1) is 19.3. The number of carbonyl (C=O) groups excluding carboxylic acids is 2. The second-order valence-corrected chi connectivity index (χ2v) is 7.13. The van der Waals surface area contributed by atoms with Crippen molar-refractivity contribution in [1.82, 2.24) is 10.3 Å². The molecule has 2 heterocycles. The number of amides is 2. The number of benzene rings is 1. The number of pyridine rings is 1. The molecule has 0 bridgehead atoms. The molecular weight excluding hydrogens is 421 g/mol. The number of carbonyl (C=O) groups is 2. The smallest absolute Gasteiger partial charge is 0.255 e. The lowest BCUT2D eigenvalue weighted by Crippen LogP contribution is -2.34. The molecule has 1 aliphatic heterocycles. The summed E-state index contributed by atoms with van der Waals surface area (Å²) in [6.45, 7) is 1.91. The third-order valence-corrected chi connectivity index (χ3v) is 5.36. The topological polar surface area (TPSA) is 104 Å². The molecule has 2 aromatic rings. The summed E-state index contributed by atoms with van der Waals surface area (Å²) in [7, 11) is 1.43. The van der Waals surface area contributed by atoms with Gasteiger partial charge in [-0.15, -0.1) is 0 Å². The summed E-state index contributed by atoms with van der Waals surface area (Å²) in [5.41, 5.74) is 5.64. The first-order chi connectivity index (χ1) is 12.9. The van der Waals surface area contributed by atoms with Crippen molar-refractivity contribution in [3.63, 3.8) is 0 Å². The van der Waals surface area contributed by atoms with Gasteiger partial charge in [0.25, 0.3) is 11.8 Å². The molecule has 27 heavy (non-hydrogen) atoms. The quantitative estimate of drug-likeness (QED) is 0.718. The molecule has 144 valence electrons. The van der Waals surface area contributed by atoms with Crippen LogP contribution in [0.3, 0.4) is 0 Å². The van der Waals surface area contributed by atoms with Gasteiger partial charge in [-0.1, -0.05) is 6.92 Å². The van der Waals surface area contributed by atoms with E-state index in [0.717, 1.165) is 0 Å². The first-order valence-corrected chi connectivity index (χ1v) is 9.20. The fourth-order valence-corrected chi connectivity index (χ4v) is 3.71. The molecule has 2 amide bonds. The maximum absolute atomic E-state index is 13.9. The van der Waals surface area contributed by atoms with E-state index in [1.165, 1.54) is 13.3 Å². The Kier molecular flexibility index (Phi) is 5.50. The van der Waals surface area contributed by atoms with Crippen LogP contribution in [0.5, 0.6) is 11.6 Å². The van der Waals surface area contributed by atoms with Crippen LogP contribution in [0, 0.1) is 5.92 Å². The van der Waals surface area contributed by atoms with E-state index >= 15 is 0 Å². The van der Waals surface area contributed by atoms with E-state index in [0.29, 0.717) is 27.4 Å². The average molecular weight is 440 g/mol. The largest absolute Gasteiger partial charge is 0.496 e. The van der Waals surface area contributed by atoms with Crippen molar-refractivity contribution in [1.29, 1.82) is 0 Å². The predicted octanol–water partition coefficient (Wildman–Crippen LogP) is 2.35. The minimum absolute atomic E-state index is 0.0777. The van der Waals surface area contributed by atoms with Gasteiger partial charge in [0.05, 0.1) is 18.7 Å². The lowest BCUT2D eigenvalue weighted by atomic mass is 9.97. The minimum Gasteiger partial charge on any atom is -0.496 e. The number of rotatable bonds is 6. The molecule has 9 heteroatoms. The normalized spacial score (nSPS) is 21.9. The molecule has 0 radical (unpaired) electrons. The lowest BCUT2D eigenvalue weighted by molar-refractivity contribution is -0.123. The van der Waals surface area contributed by atoms with E-state index in [-0.39, 0.29) is 18.1 Å². The summed E-state index contributed by atoms with van der Waals surface area (Å²) in [5.74, 6) is -1.10. The molecule has 0 saturated carbocycles. The standard InChI is InChI=1S/C18H19BrFN3O4/c1-3-8-13(23-17(25)15(8)20)7-27-18-10-5-14(26-2)11(16(21)24)4-9(10)12(19)6-22-18/h4-6,8,13,15H,3,7H2,1-2H3,(H2,21,24)(H,23,25)/t8-,13+,15?/m0/s1. The third kappa shape index (κ3) is 3.55. The SMILES string of the molecule is CC[C@@H]1C(F)C(=O)N[C@@H]1COc1ncc(Br)c2cc(C(N)=O)c(OC)cc12. The lowest BCUT2D eigenvalue weighted by Gasteiger charge is -2.19. The fraction of sp³-hybridized carbons (Fsp3) is 0.389. The maximum Gasteiger partial charge on any atom is 0.255 e. The van der Waals surface area contributed by atoms with Crippen LogP contribution < -0.4 is 20.5 Å². The Morgan fingerprint density at radius 2 is 2.15 bits per heavy atom. The molecule has 0 aliphatic carbocycles. The van der Waals surface area contributed by atoms with Gasteiger partial charge in [0.15, 0.2) is 6.17 Å². The number of nitrogens with two attached hydrogens (primary N) is 1. The van der Waals surface area contributed by atoms with Crippen LogP contribution in [0.25, 0.3) is 10.8 Å². The predicted molar refractivity (Wildman–Crippen MR) is 101 cm³/mol. The van der Waals surface area contributed by atoms with Crippen molar-refractivity contribution in [2.24, 2.45) is 11.7 Å². The zero-order valence-corrected chi connectivity index (χ0v) is 16.4. The van der Waals surface area contributed by atoms with Gasteiger partial charge in [0, 0.05) is 27.4 Å². The van der Waals surface area contributed by atoms with Gasteiger partial charge in [-0.25, -0.2) is 9.37 Å².